The fourth-order valence-electron chi connectivity index (χ4n) is 2.83. The van der Waals surface area contributed by atoms with E-state index in [1.807, 2.05) is 0 Å². The van der Waals surface area contributed by atoms with Gasteiger partial charge < -0.3 is 59.8 Å². The molecule has 0 saturated carbocycles. The maximum atomic E-state index is 10.2. The maximum Gasteiger partial charge on any atom is 0.186 e. The first-order valence-electron chi connectivity index (χ1n) is 8.16. The third kappa shape index (κ3) is 4.67. The van der Waals surface area contributed by atoms with Crippen LogP contribution < -0.4 is 0 Å². The van der Waals surface area contributed by atoms with Gasteiger partial charge in [0.05, 0.1) is 26.4 Å². The Balaban J connectivity index is 1.96. The lowest BCUT2D eigenvalue weighted by atomic mass is 9.98. The summed E-state index contributed by atoms with van der Waals surface area (Å²) in [6.45, 7) is -1.62. The number of aliphatic hydroxyl groups is 8. The van der Waals surface area contributed by atoms with Crippen molar-refractivity contribution in [3.63, 3.8) is 0 Å². The first-order valence-corrected chi connectivity index (χ1v) is 8.16. The molecular formula is C14H26O12. The van der Waals surface area contributed by atoms with E-state index >= 15 is 0 Å². The van der Waals surface area contributed by atoms with E-state index in [0.717, 1.165) is 0 Å². The first-order chi connectivity index (χ1) is 12.3. The van der Waals surface area contributed by atoms with Crippen molar-refractivity contribution in [1.82, 2.24) is 0 Å². The van der Waals surface area contributed by atoms with Crippen molar-refractivity contribution in [2.75, 3.05) is 26.4 Å². The Bertz CT molecular complexity index is 423. The van der Waals surface area contributed by atoms with Crippen molar-refractivity contribution in [2.45, 2.75) is 61.4 Å². The zero-order valence-corrected chi connectivity index (χ0v) is 13.8. The van der Waals surface area contributed by atoms with Gasteiger partial charge >= 0.3 is 0 Å². The minimum absolute atomic E-state index is 0.189. The second kappa shape index (κ2) is 9.64. The quantitative estimate of drug-likeness (QED) is 0.207. The highest BCUT2D eigenvalue weighted by Gasteiger charge is 2.47. The highest BCUT2D eigenvalue weighted by molar-refractivity contribution is 4.92. The summed E-state index contributed by atoms with van der Waals surface area (Å²) < 4.78 is 20.5. The fourth-order valence-corrected chi connectivity index (χ4v) is 2.83. The molecule has 8 N–H and O–H groups in total. The average Bonchev–Trinajstić information content (AvgIpc) is 2.63. The first kappa shape index (κ1) is 21.8. The summed E-state index contributed by atoms with van der Waals surface area (Å²) >= 11 is 0. The van der Waals surface area contributed by atoms with Crippen LogP contribution in [0.25, 0.3) is 0 Å². The average molecular weight is 386 g/mol. The molecule has 0 bridgehead atoms. The lowest BCUT2D eigenvalue weighted by molar-refractivity contribution is -0.328. The van der Waals surface area contributed by atoms with E-state index in [4.69, 9.17) is 29.2 Å². The molecule has 0 amide bonds. The number of aliphatic hydroxyl groups excluding tert-OH is 8. The van der Waals surface area contributed by atoms with Gasteiger partial charge in [-0.25, -0.2) is 0 Å². The van der Waals surface area contributed by atoms with E-state index in [1.54, 1.807) is 0 Å². The van der Waals surface area contributed by atoms with E-state index in [1.165, 1.54) is 0 Å². The Labute approximate surface area is 148 Å². The van der Waals surface area contributed by atoms with Crippen LogP contribution in [0.1, 0.15) is 0 Å². The molecule has 0 aromatic rings. The highest BCUT2D eigenvalue weighted by atomic mass is 16.7. The molecule has 0 unspecified atom stereocenters. The van der Waals surface area contributed by atoms with Gasteiger partial charge in [-0.15, -0.1) is 0 Å². The van der Waals surface area contributed by atoms with Crippen molar-refractivity contribution in [3.8, 4) is 0 Å². The molecule has 2 heterocycles. The summed E-state index contributed by atoms with van der Waals surface area (Å²) in [7, 11) is 0. The predicted octanol–water partition coefficient (Wildman–Crippen LogP) is -5.38. The van der Waals surface area contributed by atoms with Crippen LogP contribution in [0.3, 0.4) is 0 Å². The van der Waals surface area contributed by atoms with Crippen molar-refractivity contribution in [3.05, 3.63) is 0 Å². The molecule has 2 aliphatic rings. The van der Waals surface area contributed by atoms with E-state index in [9.17, 15) is 30.6 Å². The highest BCUT2D eigenvalue weighted by Crippen LogP contribution is 2.26. The molecule has 2 saturated heterocycles. The summed E-state index contributed by atoms with van der Waals surface area (Å²) in [5.41, 5.74) is 0. The largest absolute Gasteiger partial charge is 0.394 e. The number of hydrogen-bond donors (Lipinski definition) is 8. The Morgan fingerprint density at radius 2 is 1.38 bits per heavy atom. The molecule has 2 fully saturated rings. The van der Waals surface area contributed by atoms with Crippen LogP contribution in [0.15, 0.2) is 0 Å². The Morgan fingerprint density at radius 1 is 0.692 bits per heavy atom. The topological polar surface area (TPSA) is 199 Å². The molecule has 26 heavy (non-hydrogen) atoms. The van der Waals surface area contributed by atoms with Gasteiger partial charge in [0.15, 0.2) is 12.6 Å². The van der Waals surface area contributed by atoms with Crippen LogP contribution in [0.4, 0.5) is 0 Å². The molecule has 10 atom stereocenters. The van der Waals surface area contributed by atoms with E-state index in [0.29, 0.717) is 0 Å². The molecule has 2 rings (SSSR count). The van der Waals surface area contributed by atoms with Crippen LogP contribution in [0, 0.1) is 0 Å². The van der Waals surface area contributed by atoms with Crippen molar-refractivity contribution in [1.29, 1.82) is 0 Å². The smallest absolute Gasteiger partial charge is 0.186 e. The van der Waals surface area contributed by atoms with Gasteiger partial charge in [0.2, 0.25) is 0 Å². The summed E-state index contributed by atoms with van der Waals surface area (Å²) in [6, 6.07) is 0. The van der Waals surface area contributed by atoms with Gasteiger partial charge in [-0.3, -0.25) is 0 Å². The SMILES string of the molecule is OCCO[C@@H]1[C@H](O)[C@@H](O)O[C@H](CO[C@H]2O[C@H](CO)[C@@H](O)[C@H](O)[C@@H]2O)[C@H]1O. The van der Waals surface area contributed by atoms with Crippen molar-refractivity contribution >= 4 is 0 Å². The van der Waals surface area contributed by atoms with Crippen LogP contribution in [-0.2, 0) is 18.9 Å². The van der Waals surface area contributed by atoms with Gasteiger partial charge in [0.1, 0.15) is 48.8 Å². The maximum absolute atomic E-state index is 10.2. The van der Waals surface area contributed by atoms with Crippen molar-refractivity contribution < 1.29 is 59.8 Å². The minimum Gasteiger partial charge on any atom is -0.394 e. The molecule has 0 radical (unpaired) electrons. The molecule has 0 aliphatic carbocycles. The Morgan fingerprint density at radius 3 is 2.00 bits per heavy atom. The van der Waals surface area contributed by atoms with E-state index < -0.39 is 74.6 Å². The van der Waals surface area contributed by atoms with E-state index in [2.05, 4.69) is 0 Å². The summed E-state index contributed by atoms with van der Waals surface area (Å²) in [6.07, 6.45) is -14.5. The predicted molar refractivity (Wildman–Crippen MR) is 79.4 cm³/mol. The lowest BCUT2D eigenvalue weighted by Gasteiger charge is -2.42. The summed E-state index contributed by atoms with van der Waals surface area (Å²) in [5, 5.41) is 76.9. The van der Waals surface area contributed by atoms with Gasteiger partial charge in [-0.2, -0.15) is 0 Å². The zero-order chi connectivity index (χ0) is 19.4. The molecule has 2 aliphatic heterocycles. The Kier molecular flexibility index (Phi) is 8.08. The van der Waals surface area contributed by atoms with E-state index in [-0.39, 0.29) is 13.2 Å². The van der Waals surface area contributed by atoms with Crippen LogP contribution >= 0.6 is 0 Å². The van der Waals surface area contributed by atoms with Crippen LogP contribution in [-0.4, -0.2) is 129 Å². The minimum atomic E-state index is -1.69. The molecule has 0 aromatic heterocycles. The monoisotopic (exact) mass is 386 g/mol. The van der Waals surface area contributed by atoms with Crippen molar-refractivity contribution in [2.24, 2.45) is 0 Å². The zero-order valence-electron chi connectivity index (χ0n) is 13.8. The second-order valence-electron chi connectivity index (χ2n) is 6.14. The van der Waals surface area contributed by atoms with Gasteiger partial charge in [-0.05, 0) is 0 Å². The van der Waals surface area contributed by atoms with Gasteiger partial charge in [0, 0.05) is 0 Å². The fraction of sp³-hybridized carbons (Fsp3) is 1.00. The third-order valence-electron chi connectivity index (χ3n) is 4.34. The molecular weight excluding hydrogens is 360 g/mol. The van der Waals surface area contributed by atoms with Gasteiger partial charge in [0.25, 0.3) is 0 Å². The number of rotatable bonds is 7. The molecule has 12 nitrogen and oxygen atoms in total. The summed E-state index contributed by atoms with van der Waals surface area (Å²) in [5.74, 6) is 0. The van der Waals surface area contributed by atoms with Crippen LogP contribution in [0.2, 0.25) is 0 Å². The Hall–Kier alpha value is -0.480. The lowest BCUT2D eigenvalue weighted by Crippen LogP contribution is -2.62. The second-order valence-corrected chi connectivity index (χ2v) is 6.14. The molecule has 154 valence electrons. The summed E-state index contributed by atoms with van der Waals surface area (Å²) in [4.78, 5) is 0. The molecule has 0 spiro atoms. The molecule has 0 aromatic carbocycles. The third-order valence-corrected chi connectivity index (χ3v) is 4.34. The van der Waals surface area contributed by atoms with Gasteiger partial charge in [-0.1, -0.05) is 0 Å². The molecule has 12 heteroatoms. The number of hydrogen-bond acceptors (Lipinski definition) is 12. The van der Waals surface area contributed by atoms with Crippen LogP contribution in [0.5, 0.6) is 0 Å². The number of ether oxygens (including phenoxy) is 4. The normalized spacial score (nSPS) is 47.1. The standard InChI is InChI=1S/C14H26O12/c15-1-2-23-12-8(18)6(25-13(22)11(12)21)4-24-14-10(20)9(19)7(17)5(3-16)26-14/h5-22H,1-4H2/t5-,6-,7-,8-,9+,10+,11+,12+,13+,14+/m1/s1.